The van der Waals surface area contributed by atoms with Crippen LogP contribution in [0.15, 0.2) is 122 Å². The maximum atomic E-state index is 12.7. The Morgan fingerprint density at radius 3 is 0.870 bits per heavy atom. The molecular weight excluding hydrogens is 1450 g/mol. The van der Waals surface area contributed by atoms with Gasteiger partial charge in [-0.1, -0.05) is 168 Å². The third kappa shape index (κ3) is 38.6. The van der Waals surface area contributed by atoms with E-state index in [0.717, 1.165) is 37.8 Å². The predicted molar refractivity (Wildman–Crippen MR) is 412 cm³/mol. The number of anilines is 5. The first-order valence-corrected chi connectivity index (χ1v) is 33.9. The van der Waals surface area contributed by atoms with Gasteiger partial charge in [0.05, 0.1) is 34.3 Å². The van der Waals surface area contributed by atoms with Gasteiger partial charge in [0.15, 0.2) is 31.0 Å². The lowest BCUT2D eigenvalue weighted by Gasteiger charge is -2.24. The van der Waals surface area contributed by atoms with Gasteiger partial charge in [-0.3, -0.25) is 26.6 Å². The van der Waals surface area contributed by atoms with Crippen LogP contribution in [0, 0.1) is 68.1 Å². The van der Waals surface area contributed by atoms with Crippen LogP contribution in [0.3, 0.4) is 0 Å². The SMILES string of the molecule is CC(N=C(NC#N)Nc1cc(Cl)cc(Cl)c1)C(C)(C)C.CC(N=C(NC#N)Nc1cccc(C(F)(F)F)c1)C(C)(C)C.CCC(C)(C)N=C(NC#N)Nc1cc(Cl)cc(Cl)c1.CCC(C)(C)N=C(NC#N)Nc1cc(Cl)cc(Cl)c1.CCCC(C)(C)N=C(NC#N)Nc1cc(Cl)cc(Cl)c1. The largest absolute Gasteiger partial charge is 0.416 e. The van der Waals surface area contributed by atoms with Gasteiger partial charge in [0, 0.05) is 68.6 Å². The fourth-order valence-corrected chi connectivity index (χ4v) is 9.29. The van der Waals surface area contributed by atoms with Gasteiger partial charge >= 0.3 is 6.18 Å². The van der Waals surface area contributed by atoms with Crippen molar-refractivity contribution in [1.82, 2.24) is 26.6 Å². The quantitative estimate of drug-likeness (QED) is 0.0214. The first kappa shape index (κ1) is 90.0. The van der Waals surface area contributed by atoms with E-state index in [2.05, 4.69) is 106 Å². The summed E-state index contributed by atoms with van der Waals surface area (Å²) in [6.07, 6.45) is 8.38. The van der Waals surface area contributed by atoms with E-state index in [4.69, 9.17) is 119 Å². The van der Waals surface area contributed by atoms with E-state index in [-0.39, 0.29) is 51.2 Å². The fourth-order valence-electron chi connectivity index (χ4n) is 7.19. The molecule has 0 bridgehead atoms. The molecule has 5 aromatic rings. The van der Waals surface area contributed by atoms with Gasteiger partial charge in [-0.15, -0.1) is 0 Å². The van der Waals surface area contributed by atoms with Crippen molar-refractivity contribution >= 4 is 151 Å². The van der Waals surface area contributed by atoms with Gasteiger partial charge in [-0.25, -0.2) is 25.0 Å². The molecule has 0 aliphatic carbocycles. The molecule has 0 fully saturated rings. The smallest absolute Gasteiger partial charge is 0.326 e. The molecule has 20 nitrogen and oxygen atoms in total. The number of hydrogen-bond acceptors (Lipinski definition) is 10. The van der Waals surface area contributed by atoms with Gasteiger partial charge in [0.2, 0.25) is 29.8 Å². The first-order chi connectivity index (χ1) is 46.3. The number of rotatable bonds is 14. The van der Waals surface area contributed by atoms with Crippen LogP contribution in [-0.4, -0.2) is 58.5 Å². The van der Waals surface area contributed by atoms with E-state index in [9.17, 15) is 13.2 Å². The maximum absolute atomic E-state index is 12.7. The number of benzene rings is 5. The Kier molecular flexibility index (Phi) is 38.7. The highest BCUT2D eigenvalue weighted by atomic mass is 35.5. The highest BCUT2D eigenvalue weighted by molar-refractivity contribution is 6.37. The molecule has 0 saturated heterocycles. The monoisotopic (exact) mass is 1530 g/mol. The summed E-state index contributed by atoms with van der Waals surface area (Å²) < 4.78 is 38.1. The molecule has 0 spiro atoms. The Balaban J connectivity index is 0.000000626. The van der Waals surface area contributed by atoms with E-state index in [1.54, 1.807) is 79.0 Å². The average molecular weight is 1540 g/mol. The van der Waals surface area contributed by atoms with E-state index < -0.39 is 11.7 Å². The van der Waals surface area contributed by atoms with Gasteiger partial charge in [-0.2, -0.15) is 39.5 Å². The normalized spacial score (nSPS) is 12.7. The molecule has 0 radical (unpaired) electrons. The molecule has 540 valence electrons. The third-order valence-electron chi connectivity index (χ3n) is 13.8. The second-order valence-electron chi connectivity index (χ2n) is 25.8. The zero-order valence-electron chi connectivity index (χ0n) is 58.9. The maximum Gasteiger partial charge on any atom is 0.416 e. The third-order valence-corrected chi connectivity index (χ3v) is 15.6. The van der Waals surface area contributed by atoms with E-state index in [1.807, 2.05) is 115 Å². The molecule has 0 heterocycles. The summed E-state index contributed by atoms with van der Waals surface area (Å²) in [6.45, 7) is 34.2. The van der Waals surface area contributed by atoms with Crippen LogP contribution in [0.5, 0.6) is 0 Å². The minimum atomic E-state index is -4.42. The second-order valence-corrected chi connectivity index (χ2v) is 29.3. The highest BCUT2D eigenvalue weighted by Gasteiger charge is 2.31. The molecule has 2 atom stereocenters. The summed E-state index contributed by atoms with van der Waals surface area (Å²) in [5.41, 5.74) is 1.19. The number of nitrogens with zero attached hydrogens (tertiary/aromatic N) is 10. The van der Waals surface area contributed by atoms with E-state index in [1.165, 1.54) is 12.1 Å². The van der Waals surface area contributed by atoms with Crippen LogP contribution in [0.2, 0.25) is 40.2 Å². The van der Waals surface area contributed by atoms with Crippen LogP contribution in [-0.2, 0) is 6.18 Å². The summed E-state index contributed by atoms with van der Waals surface area (Å²) in [5.74, 6) is 1.60. The topological polar surface area (TPSA) is 301 Å². The molecule has 0 aliphatic rings. The Morgan fingerprint density at radius 2 is 0.630 bits per heavy atom. The fraction of sp³-hybridized carbons (Fsp3) is 0.420. The van der Waals surface area contributed by atoms with Gasteiger partial charge in [-0.05, 0) is 176 Å². The molecule has 0 aliphatic heterocycles. The summed E-state index contributed by atoms with van der Waals surface area (Å²) in [7, 11) is 0. The van der Waals surface area contributed by atoms with Crippen LogP contribution in [0.1, 0.15) is 149 Å². The molecule has 5 aromatic carbocycles. The Hall–Kier alpha value is -7.99. The lowest BCUT2D eigenvalue weighted by molar-refractivity contribution is -0.137. The van der Waals surface area contributed by atoms with Crippen molar-refractivity contribution in [3.8, 4) is 31.0 Å². The van der Waals surface area contributed by atoms with Crippen molar-refractivity contribution in [2.24, 2.45) is 35.8 Å². The zero-order valence-corrected chi connectivity index (χ0v) is 64.9. The number of halogens is 11. The zero-order chi connectivity index (χ0) is 76.4. The Bertz CT molecular complexity index is 3670. The van der Waals surface area contributed by atoms with Crippen LogP contribution in [0.25, 0.3) is 0 Å². The van der Waals surface area contributed by atoms with Gasteiger partial charge < -0.3 is 26.6 Å². The van der Waals surface area contributed by atoms with Crippen LogP contribution >= 0.6 is 92.8 Å². The number of alkyl halides is 3. The van der Waals surface area contributed by atoms with Crippen LogP contribution < -0.4 is 53.2 Å². The number of aliphatic imine (C=N–C) groups is 5. The van der Waals surface area contributed by atoms with E-state index in [0.29, 0.717) is 86.8 Å². The van der Waals surface area contributed by atoms with Crippen LogP contribution in [0.4, 0.5) is 41.6 Å². The van der Waals surface area contributed by atoms with Crippen molar-refractivity contribution in [2.75, 3.05) is 26.6 Å². The molecule has 31 heteroatoms. The Morgan fingerprint density at radius 1 is 0.380 bits per heavy atom. The van der Waals surface area contributed by atoms with Gasteiger partial charge in [0.25, 0.3) is 0 Å². The molecular formula is C69H87Cl8F3N20. The Labute approximate surface area is 627 Å². The molecule has 0 saturated carbocycles. The number of nitrogens with one attached hydrogen (secondary N) is 10. The minimum absolute atomic E-state index is 0.00392. The summed E-state index contributed by atoms with van der Waals surface area (Å²) >= 11 is 47.5. The summed E-state index contributed by atoms with van der Waals surface area (Å²) in [4.78, 5) is 22.2. The van der Waals surface area contributed by atoms with Crippen molar-refractivity contribution < 1.29 is 13.2 Å². The number of guanidine groups is 5. The predicted octanol–water partition coefficient (Wildman–Crippen LogP) is 20.7. The van der Waals surface area contributed by atoms with Crippen molar-refractivity contribution in [3.05, 3.63) is 143 Å². The molecule has 10 N–H and O–H groups in total. The second kappa shape index (κ2) is 43.0. The van der Waals surface area contributed by atoms with Crippen molar-refractivity contribution in [2.45, 2.75) is 178 Å². The first-order valence-electron chi connectivity index (χ1n) is 30.9. The lowest BCUT2D eigenvalue weighted by atomic mass is 9.88. The molecule has 100 heavy (non-hydrogen) atoms. The van der Waals surface area contributed by atoms with Crippen molar-refractivity contribution in [3.63, 3.8) is 0 Å². The highest BCUT2D eigenvalue weighted by Crippen LogP contribution is 2.32. The summed E-state index contributed by atoms with van der Waals surface area (Å²) in [5, 5.41) is 75.2. The average Bonchev–Trinajstić information content (AvgIpc) is 0.872. The lowest BCUT2D eigenvalue weighted by Crippen LogP contribution is -2.31. The molecule has 0 aromatic heterocycles. The number of nitriles is 5. The van der Waals surface area contributed by atoms with E-state index >= 15 is 0 Å². The minimum Gasteiger partial charge on any atom is -0.326 e. The number of hydrogen-bond donors (Lipinski definition) is 10. The molecule has 0 amide bonds. The van der Waals surface area contributed by atoms with Crippen molar-refractivity contribution in [1.29, 1.82) is 26.3 Å². The molecule has 5 rings (SSSR count). The molecule has 2 unspecified atom stereocenters. The summed E-state index contributed by atoms with van der Waals surface area (Å²) in [6, 6.07) is 24.9. The standard InChI is InChI=1S/C15H19F3N4.2C14H18Cl2N4.2C13H16Cl2N4/c1-10(14(2,3)4)21-13(20-9-19)22-12-7-5-6-11(8-12)15(16,17)18;1-9(14(2,3)4)19-13(18-8-17)20-12-6-10(15)5-11(16)7-12;1-4-5-14(2,3)20-13(18-9-17)19-12-7-10(15)6-11(16)8-12;2*1-4-13(2,3)19-12(17-8-16)18-11-6-9(14)5-10(15)7-11/h5-8,10H,1-4H3,(H2,20,21,22);5-7,9H,1-4H3,(H2,18,19,20);6-8H,4-5H2,1-3H3,(H2,18,19,20);2*5-7H,4H2,1-3H3,(H2,17,18,19). The van der Waals surface area contributed by atoms with Gasteiger partial charge in [0.1, 0.15) is 0 Å².